The molecule has 0 aliphatic carbocycles. The van der Waals surface area contributed by atoms with Crippen molar-refractivity contribution >= 4 is 23.2 Å². The van der Waals surface area contributed by atoms with Gasteiger partial charge < -0.3 is 4.90 Å². The zero-order chi connectivity index (χ0) is 13.1. The molecule has 0 bridgehead atoms. The van der Waals surface area contributed by atoms with E-state index in [-0.39, 0.29) is 11.8 Å². The second-order valence-corrected chi connectivity index (χ2v) is 4.65. The van der Waals surface area contributed by atoms with E-state index in [0.29, 0.717) is 24.7 Å². The fourth-order valence-corrected chi connectivity index (χ4v) is 2.10. The number of hydrogen-bond acceptors (Lipinski definition) is 3. The molecule has 1 amide bonds. The van der Waals surface area contributed by atoms with Gasteiger partial charge in [0.25, 0.3) is 0 Å². The van der Waals surface area contributed by atoms with Gasteiger partial charge in [0.05, 0.1) is 11.9 Å². The molecule has 1 aliphatic rings. The van der Waals surface area contributed by atoms with Crippen LogP contribution in [0.3, 0.4) is 0 Å². The van der Waals surface area contributed by atoms with E-state index >= 15 is 0 Å². The van der Waals surface area contributed by atoms with Crippen molar-refractivity contribution in [3.8, 4) is 0 Å². The van der Waals surface area contributed by atoms with Gasteiger partial charge in [0.2, 0.25) is 5.91 Å². The van der Waals surface area contributed by atoms with Crippen LogP contribution in [0.15, 0.2) is 17.4 Å². The van der Waals surface area contributed by atoms with Crippen LogP contribution >= 0.6 is 11.6 Å². The topological polar surface area (TPSA) is 82.0 Å². The molecule has 18 heavy (non-hydrogen) atoms. The molecular weight excluding hydrogens is 254 g/mol. The fraction of sp³-hybridized carbons (Fsp3) is 0.455. The number of carbonyl (C=O) groups excluding carboxylic acids is 1. The molecule has 1 aliphatic heterocycles. The van der Waals surface area contributed by atoms with Gasteiger partial charge in [-0.25, -0.2) is 4.98 Å². The molecule has 6 nitrogen and oxygen atoms in total. The van der Waals surface area contributed by atoms with E-state index in [0.717, 1.165) is 11.3 Å². The van der Waals surface area contributed by atoms with Gasteiger partial charge in [-0.2, -0.15) is 0 Å². The van der Waals surface area contributed by atoms with E-state index in [1.165, 1.54) is 0 Å². The van der Waals surface area contributed by atoms with Crippen LogP contribution in [0.5, 0.6) is 0 Å². The number of aromatic nitrogens is 1. The Balaban J connectivity index is 2.16. The lowest BCUT2D eigenvalue weighted by Gasteiger charge is -2.16. The molecule has 1 aromatic heterocycles. The molecule has 1 saturated heterocycles. The lowest BCUT2D eigenvalue weighted by atomic mass is 10.1. The maximum atomic E-state index is 11.9. The van der Waals surface area contributed by atoms with Crippen LogP contribution in [-0.4, -0.2) is 24.0 Å². The van der Waals surface area contributed by atoms with Gasteiger partial charge in [-0.3, -0.25) is 4.79 Å². The number of carbonyl (C=O) groups is 1. The summed E-state index contributed by atoms with van der Waals surface area (Å²) in [6.07, 6.45) is 1.99. The summed E-state index contributed by atoms with van der Waals surface area (Å²) in [7, 11) is 0. The minimum absolute atomic E-state index is 0.0247. The summed E-state index contributed by atoms with van der Waals surface area (Å²) < 4.78 is 0. The lowest BCUT2D eigenvalue weighted by Crippen LogP contribution is -2.25. The molecule has 0 radical (unpaired) electrons. The number of anilines is 1. The van der Waals surface area contributed by atoms with Crippen molar-refractivity contribution in [2.45, 2.75) is 13.3 Å². The number of halogens is 1. The monoisotopic (exact) mass is 265 g/mol. The second kappa shape index (κ2) is 5.25. The third-order valence-corrected chi connectivity index (χ3v) is 3.32. The number of nitrogens with zero attached hydrogens (tertiary/aromatic N) is 5. The highest BCUT2D eigenvalue weighted by Crippen LogP contribution is 2.27. The first-order chi connectivity index (χ1) is 8.61. The predicted molar refractivity (Wildman–Crippen MR) is 68.5 cm³/mol. The molecular formula is C11H12ClN5O. The molecule has 1 atom stereocenters. The van der Waals surface area contributed by atoms with Gasteiger partial charge in [0.15, 0.2) is 0 Å². The molecule has 2 rings (SSSR count). The van der Waals surface area contributed by atoms with E-state index in [9.17, 15) is 4.79 Å². The number of pyridine rings is 1. The van der Waals surface area contributed by atoms with Crippen molar-refractivity contribution in [2.24, 2.45) is 11.0 Å². The summed E-state index contributed by atoms with van der Waals surface area (Å²) in [5, 5.41) is 3.95. The number of aryl methyl sites for hydroxylation is 1. The molecule has 0 saturated carbocycles. The number of hydrogen-bond donors (Lipinski definition) is 0. The van der Waals surface area contributed by atoms with Gasteiger partial charge in [0, 0.05) is 24.4 Å². The van der Waals surface area contributed by atoms with Crippen LogP contribution in [-0.2, 0) is 4.79 Å². The van der Waals surface area contributed by atoms with Crippen LogP contribution in [0.25, 0.3) is 10.4 Å². The normalized spacial score (nSPS) is 18.9. The third-order valence-electron chi connectivity index (χ3n) is 2.92. The zero-order valence-electron chi connectivity index (χ0n) is 9.88. The maximum absolute atomic E-state index is 11.9. The SMILES string of the molecule is Cc1cc(N2CC(CN=[N+]=[N-])CC2=O)cnc1Cl. The van der Waals surface area contributed by atoms with E-state index in [4.69, 9.17) is 17.1 Å². The standard InChI is InChI=1S/C11H12ClN5O/c1-7-2-9(5-14-11(7)12)17-6-8(3-10(17)18)4-15-16-13/h2,5,8H,3-4,6H2,1H3. The first kappa shape index (κ1) is 12.7. The highest BCUT2D eigenvalue weighted by molar-refractivity contribution is 6.30. The van der Waals surface area contributed by atoms with E-state index < -0.39 is 0 Å². The van der Waals surface area contributed by atoms with Crippen LogP contribution in [0.2, 0.25) is 5.15 Å². The molecule has 0 spiro atoms. The van der Waals surface area contributed by atoms with Crippen LogP contribution in [0.1, 0.15) is 12.0 Å². The maximum Gasteiger partial charge on any atom is 0.227 e. The average Bonchev–Trinajstić information content (AvgIpc) is 2.71. The summed E-state index contributed by atoms with van der Waals surface area (Å²) in [5.74, 6) is 0.0982. The van der Waals surface area contributed by atoms with Crippen molar-refractivity contribution in [1.82, 2.24) is 4.98 Å². The average molecular weight is 266 g/mol. The largest absolute Gasteiger partial charge is 0.311 e. The Hall–Kier alpha value is -1.78. The molecule has 1 aromatic rings. The molecule has 94 valence electrons. The minimum atomic E-state index is 0.0247. The highest BCUT2D eigenvalue weighted by atomic mass is 35.5. The smallest absolute Gasteiger partial charge is 0.227 e. The minimum Gasteiger partial charge on any atom is -0.311 e. The van der Waals surface area contributed by atoms with Crippen molar-refractivity contribution in [3.05, 3.63) is 33.4 Å². The molecule has 0 N–H and O–H groups in total. The summed E-state index contributed by atoms with van der Waals surface area (Å²) in [5.41, 5.74) is 9.85. The zero-order valence-corrected chi connectivity index (χ0v) is 10.6. The molecule has 2 heterocycles. The molecule has 1 unspecified atom stereocenters. The van der Waals surface area contributed by atoms with Gasteiger partial charge in [0.1, 0.15) is 5.15 Å². The summed E-state index contributed by atoms with van der Waals surface area (Å²) in [6.45, 7) is 2.75. The van der Waals surface area contributed by atoms with Gasteiger partial charge in [-0.1, -0.05) is 16.7 Å². The first-order valence-corrected chi connectivity index (χ1v) is 5.93. The van der Waals surface area contributed by atoms with Crippen molar-refractivity contribution in [1.29, 1.82) is 0 Å². The Bertz CT molecular complexity index is 526. The fourth-order valence-electron chi connectivity index (χ4n) is 2.00. The van der Waals surface area contributed by atoms with Crippen LogP contribution in [0.4, 0.5) is 5.69 Å². The Kier molecular flexibility index (Phi) is 3.69. The van der Waals surface area contributed by atoms with Crippen molar-refractivity contribution < 1.29 is 4.79 Å². The van der Waals surface area contributed by atoms with Gasteiger partial charge >= 0.3 is 0 Å². The Morgan fingerprint density at radius 1 is 1.72 bits per heavy atom. The summed E-state index contributed by atoms with van der Waals surface area (Å²) >= 11 is 5.85. The number of amides is 1. The second-order valence-electron chi connectivity index (χ2n) is 4.29. The lowest BCUT2D eigenvalue weighted by molar-refractivity contribution is -0.117. The van der Waals surface area contributed by atoms with Crippen LogP contribution < -0.4 is 4.90 Å². The van der Waals surface area contributed by atoms with Gasteiger partial charge in [-0.05, 0) is 30.0 Å². The molecule has 0 aromatic carbocycles. The Morgan fingerprint density at radius 3 is 3.17 bits per heavy atom. The van der Waals surface area contributed by atoms with E-state index in [2.05, 4.69) is 15.0 Å². The van der Waals surface area contributed by atoms with Crippen molar-refractivity contribution in [2.75, 3.05) is 18.0 Å². The van der Waals surface area contributed by atoms with Crippen LogP contribution in [0, 0.1) is 12.8 Å². The summed E-state index contributed by atoms with van der Waals surface area (Å²) in [6, 6.07) is 1.84. The molecule has 7 heteroatoms. The Labute approximate surface area is 109 Å². The Morgan fingerprint density at radius 2 is 2.50 bits per heavy atom. The third kappa shape index (κ3) is 2.55. The molecule has 1 fully saturated rings. The first-order valence-electron chi connectivity index (χ1n) is 5.55. The highest BCUT2D eigenvalue weighted by Gasteiger charge is 2.30. The van der Waals surface area contributed by atoms with Crippen molar-refractivity contribution in [3.63, 3.8) is 0 Å². The predicted octanol–water partition coefficient (Wildman–Crippen LogP) is 2.71. The number of rotatable bonds is 3. The quantitative estimate of drug-likeness (QED) is 0.364. The summed E-state index contributed by atoms with van der Waals surface area (Å²) in [4.78, 5) is 20.3. The van der Waals surface area contributed by atoms with E-state index in [1.54, 1.807) is 11.1 Å². The van der Waals surface area contributed by atoms with E-state index in [1.807, 2.05) is 13.0 Å². The van der Waals surface area contributed by atoms with Gasteiger partial charge in [-0.15, -0.1) is 0 Å². The number of azide groups is 1.